The van der Waals surface area contributed by atoms with Gasteiger partial charge in [0.25, 0.3) is 5.91 Å². The van der Waals surface area contributed by atoms with E-state index in [-0.39, 0.29) is 16.9 Å². The number of carbonyl (C=O) groups is 1. The van der Waals surface area contributed by atoms with E-state index in [4.69, 9.17) is 44.3 Å². The number of hydrogen-bond donors (Lipinski definition) is 1. The van der Waals surface area contributed by atoms with Gasteiger partial charge in [-0.3, -0.25) is 4.79 Å². The van der Waals surface area contributed by atoms with Crippen molar-refractivity contribution < 1.29 is 22.7 Å². The van der Waals surface area contributed by atoms with E-state index in [0.29, 0.717) is 50.7 Å². The lowest BCUT2D eigenvalue weighted by molar-refractivity contribution is 0.103. The summed E-state index contributed by atoms with van der Waals surface area (Å²) in [6.45, 7) is 0.324. The van der Waals surface area contributed by atoms with Gasteiger partial charge in [-0.25, -0.2) is 13.4 Å². The Hall–Kier alpha value is -2.56. The quantitative estimate of drug-likeness (QED) is 0.250. The fourth-order valence-electron chi connectivity index (χ4n) is 3.90. The molecule has 5 rings (SSSR count). The van der Waals surface area contributed by atoms with Crippen molar-refractivity contribution in [3.63, 3.8) is 0 Å². The third-order valence-electron chi connectivity index (χ3n) is 5.52. The van der Waals surface area contributed by atoms with Crippen LogP contribution in [-0.2, 0) is 9.84 Å². The summed E-state index contributed by atoms with van der Waals surface area (Å²) in [5, 5.41) is 3.77. The molecule has 1 amide bonds. The highest BCUT2D eigenvalue weighted by atomic mass is 35.5. The molecular formula is C24H17Cl3N2O5S2. The number of halogens is 3. The van der Waals surface area contributed by atoms with Gasteiger partial charge in [0.2, 0.25) is 5.88 Å². The summed E-state index contributed by atoms with van der Waals surface area (Å²) in [6, 6.07) is 13.1. The van der Waals surface area contributed by atoms with E-state index in [9.17, 15) is 13.2 Å². The Labute approximate surface area is 225 Å². The van der Waals surface area contributed by atoms with Gasteiger partial charge in [-0.1, -0.05) is 34.8 Å². The summed E-state index contributed by atoms with van der Waals surface area (Å²) in [4.78, 5) is 17.6. The number of benzene rings is 2. The fraction of sp³-hybridized carbons (Fsp3) is 0.167. The van der Waals surface area contributed by atoms with Crippen molar-refractivity contribution in [1.82, 2.24) is 4.98 Å². The molecule has 4 aromatic rings. The van der Waals surface area contributed by atoms with E-state index < -0.39 is 15.1 Å². The number of aromatic nitrogens is 1. The highest BCUT2D eigenvalue weighted by Gasteiger charge is 2.30. The van der Waals surface area contributed by atoms with Crippen LogP contribution in [0, 0.1) is 0 Å². The first kappa shape index (κ1) is 25.1. The van der Waals surface area contributed by atoms with Crippen molar-refractivity contribution in [2.45, 2.75) is 11.7 Å². The van der Waals surface area contributed by atoms with E-state index in [1.807, 2.05) is 0 Å². The minimum atomic E-state index is -3.29. The van der Waals surface area contributed by atoms with Crippen LogP contribution in [0.15, 0.2) is 48.5 Å². The Balaban J connectivity index is 1.40. The number of sulfone groups is 1. The first-order chi connectivity index (χ1) is 17.1. The number of anilines is 1. The van der Waals surface area contributed by atoms with E-state index in [0.717, 1.165) is 10.1 Å². The molecule has 186 valence electrons. The second-order valence-electron chi connectivity index (χ2n) is 8.14. The predicted molar refractivity (Wildman–Crippen MR) is 143 cm³/mol. The summed E-state index contributed by atoms with van der Waals surface area (Å²) in [5.41, 5.74) is 0.998. The van der Waals surface area contributed by atoms with E-state index in [2.05, 4.69) is 10.3 Å². The molecule has 7 nitrogen and oxygen atoms in total. The lowest BCUT2D eigenvalue weighted by Crippen LogP contribution is -2.20. The van der Waals surface area contributed by atoms with Crippen LogP contribution in [0.25, 0.3) is 10.1 Å². The fourth-order valence-corrected chi connectivity index (χ4v) is 6.53. The molecule has 0 spiro atoms. The number of ether oxygens (including phenoxy) is 2. The van der Waals surface area contributed by atoms with Crippen LogP contribution >= 0.6 is 46.1 Å². The maximum atomic E-state index is 13.0. The molecule has 0 aliphatic carbocycles. The topological polar surface area (TPSA) is 94.6 Å². The van der Waals surface area contributed by atoms with Gasteiger partial charge in [-0.2, -0.15) is 0 Å². The number of rotatable bonds is 5. The Morgan fingerprint density at radius 2 is 1.92 bits per heavy atom. The maximum absolute atomic E-state index is 13.0. The lowest BCUT2D eigenvalue weighted by atomic mass is 10.0. The minimum absolute atomic E-state index is 0.121. The van der Waals surface area contributed by atoms with Crippen molar-refractivity contribution >= 4 is 77.7 Å². The summed E-state index contributed by atoms with van der Waals surface area (Å²) in [7, 11) is -3.29. The Kier molecular flexibility index (Phi) is 6.78. The van der Waals surface area contributed by atoms with Crippen LogP contribution in [0.3, 0.4) is 0 Å². The van der Waals surface area contributed by atoms with Crippen LogP contribution in [0.2, 0.25) is 15.2 Å². The van der Waals surface area contributed by atoms with Gasteiger partial charge < -0.3 is 14.8 Å². The molecule has 0 saturated heterocycles. The average Bonchev–Trinajstić information content (AvgIpc) is 3.21. The predicted octanol–water partition coefficient (Wildman–Crippen LogP) is 7.17. The molecule has 12 heteroatoms. The van der Waals surface area contributed by atoms with Crippen LogP contribution < -0.4 is 14.8 Å². The molecule has 1 atom stereocenters. The number of hydrogen-bond acceptors (Lipinski definition) is 7. The highest BCUT2D eigenvalue weighted by molar-refractivity contribution is 7.90. The van der Waals surface area contributed by atoms with Crippen molar-refractivity contribution in [1.29, 1.82) is 0 Å². The van der Waals surface area contributed by atoms with Gasteiger partial charge in [0.15, 0.2) is 9.84 Å². The third kappa shape index (κ3) is 5.26. The zero-order valence-electron chi connectivity index (χ0n) is 18.5. The second kappa shape index (κ2) is 9.72. The first-order valence-corrected chi connectivity index (χ1v) is 14.5. The molecule has 0 fully saturated rings. The smallest absolute Gasteiger partial charge is 0.265 e. The van der Waals surface area contributed by atoms with Crippen LogP contribution in [-0.4, -0.2) is 32.2 Å². The number of pyridine rings is 1. The lowest BCUT2D eigenvalue weighted by Gasteiger charge is -2.24. The molecule has 1 aliphatic rings. The van der Waals surface area contributed by atoms with E-state index in [1.165, 1.54) is 29.7 Å². The Bertz CT molecular complexity index is 1620. The van der Waals surface area contributed by atoms with Gasteiger partial charge in [-0.15, -0.1) is 11.3 Å². The molecule has 2 aromatic carbocycles. The van der Waals surface area contributed by atoms with Crippen molar-refractivity contribution in [3.8, 4) is 17.4 Å². The van der Waals surface area contributed by atoms with Crippen molar-refractivity contribution in [2.75, 3.05) is 18.2 Å². The summed E-state index contributed by atoms with van der Waals surface area (Å²) in [5.74, 6) is 0.726. The number of nitrogens with one attached hydrogen (secondary N) is 1. The number of nitrogens with zero attached hydrogens (tertiary/aromatic N) is 1. The monoisotopic (exact) mass is 582 g/mol. The zero-order chi connectivity index (χ0) is 25.6. The molecule has 1 unspecified atom stereocenters. The van der Waals surface area contributed by atoms with Crippen LogP contribution in [0.1, 0.15) is 26.9 Å². The SMILES string of the molecule is CS(=O)(=O)C1CCOc2cc3sc(C(=O)Nc4cc(Cl)nc(Oc5ccc(Cl)c(Cl)c5)c4)cc3cc21. The number of thiophene rings is 1. The van der Waals surface area contributed by atoms with Crippen LogP contribution in [0.5, 0.6) is 17.4 Å². The molecule has 0 bridgehead atoms. The maximum Gasteiger partial charge on any atom is 0.265 e. The number of amides is 1. The van der Waals surface area contributed by atoms with Gasteiger partial charge in [0, 0.05) is 40.8 Å². The number of fused-ring (bicyclic) bond motifs is 2. The minimum Gasteiger partial charge on any atom is -0.493 e. The molecule has 1 aliphatic heterocycles. The van der Waals surface area contributed by atoms with Gasteiger partial charge in [0.1, 0.15) is 16.7 Å². The Morgan fingerprint density at radius 1 is 1.11 bits per heavy atom. The third-order valence-corrected chi connectivity index (χ3v) is 9.07. The molecule has 3 heterocycles. The molecule has 1 N–H and O–H groups in total. The normalized spacial score (nSPS) is 15.3. The first-order valence-electron chi connectivity index (χ1n) is 10.6. The van der Waals surface area contributed by atoms with Gasteiger partial charge in [-0.05, 0) is 41.8 Å². The highest BCUT2D eigenvalue weighted by Crippen LogP contribution is 2.41. The van der Waals surface area contributed by atoms with Crippen molar-refractivity contribution in [3.05, 3.63) is 74.2 Å². The zero-order valence-corrected chi connectivity index (χ0v) is 22.4. The number of carbonyl (C=O) groups excluding carboxylic acids is 1. The van der Waals surface area contributed by atoms with E-state index in [1.54, 1.807) is 36.4 Å². The molecule has 36 heavy (non-hydrogen) atoms. The summed E-state index contributed by atoms with van der Waals surface area (Å²) in [6.07, 6.45) is 1.62. The van der Waals surface area contributed by atoms with Crippen molar-refractivity contribution in [2.24, 2.45) is 0 Å². The molecule has 2 aromatic heterocycles. The van der Waals surface area contributed by atoms with Gasteiger partial charge in [0.05, 0.1) is 26.8 Å². The van der Waals surface area contributed by atoms with E-state index >= 15 is 0 Å². The standard InChI is InChI=1S/C24H17Cl3N2O5S2/c1-36(31,32)21-4-5-33-18-11-19-12(6-15(18)21)7-20(35-19)24(30)28-13-8-22(27)29-23(9-13)34-14-2-3-16(25)17(26)10-14/h2-3,6-11,21H,4-5H2,1H3,(H,28,29,30). The molecule has 0 radical (unpaired) electrons. The Morgan fingerprint density at radius 3 is 2.67 bits per heavy atom. The molecule has 0 saturated carbocycles. The largest absolute Gasteiger partial charge is 0.493 e. The summed E-state index contributed by atoms with van der Waals surface area (Å²) < 4.78 is 36.7. The van der Waals surface area contributed by atoms with Gasteiger partial charge >= 0.3 is 0 Å². The summed E-state index contributed by atoms with van der Waals surface area (Å²) >= 11 is 19.4. The molecular weight excluding hydrogens is 567 g/mol. The second-order valence-corrected chi connectivity index (χ2v) is 12.7. The average molecular weight is 584 g/mol. The van der Waals surface area contributed by atoms with Crippen LogP contribution in [0.4, 0.5) is 5.69 Å².